The van der Waals surface area contributed by atoms with Crippen LogP contribution in [0.1, 0.15) is 63.9 Å². The molecule has 1 aliphatic heterocycles. The van der Waals surface area contributed by atoms with Crippen LogP contribution in [-0.2, 0) is 23.9 Å². The molecule has 1 heterocycles. The second-order valence-corrected chi connectivity index (χ2v) is 9.55. The summed E-state index contributed by atoms with van der Waals surface area (Å²) < 4.78 is 10.8. The minimum absolute atomic E-state index is 0.151. The highest BCUT2D eigenvalue weighted by Crippen LogP contribution is 2.46. The molecule has 0 aromatic heterocycles. The number of rotatable bonds is 5. The summed E-state index contributed by atoms with van der Waals surface area (Å²) in [6.07, 6.45) is 4.82. The van der Waals surface area contributed by atoms with Gasteiger partial charge in [-0.05, 0) is 50.5 Å². The number of hydrogen-bond acceptors (Lipinski definition) is 8. The van der Waals surface area contributed by atoms with Gasteiger partial charge >= 0.3 is 11.9 Å². The minimum atomic E-state index is -1.02. The van der Waals surface area contributed by atoms with Gasteiger partial charge in [0.05, 0.1) is 17.6 Å². The molecule has 1 aromatic rings. The summed E-state index contributed by atoms with van der Waals surface area (Å²) in [6.45, 7) is 3.55. The molecular weight excluding hydrogens is 452 g/mol. The molecule has 1 aromatic carbocycles. The van der Waals surface area contributed by atoms with E-state index in [0.29, 0.717) is 23.4 Å². The number of dihydropyridines is 1. The number of Topliss-reactive ketones (excluding diaryl/α,β-unsaturated/α-hetero) is 1. The van der Waals surface area contributed by atoms with Crippen LogP contribution in [0.2, 0.25) is 0 Å². The summed E-state index contributed by atoms with van der Waals surface area (Å²) in [7, 11) is 1.24. The fourth-order valence-electron chi connectivity index (χ4n) is 5.50. The van der Waals surface area contributed by atoms with Crippen molar-refractivity contribution < 1.29 is 28.8 Å². The lowest BCUT2D eigenvalue weighted by Crippen LogP contribution is -2.43. The third kappa shape index (κ3) is 4.72. The molecule has 0 spiro atoms. The number of nitrogens with one attached hydrogen (secondary N) is 1. The third-order valence-electron chi connectivity index (χ3n) is 7.20. The maximum absolute atomic E-state index is 13.7. The van der Waals surface area contributed by atoms with Crippen LogP contribution >= 0.6 is 0 Å². The van der Waals surface area contributed by atoms with Crippen molar-refractivity contribution in [3.63, 3.8) is 0 Å². The van der Waals surface area contributed by atoms with Gasteiger partial charge in [-0.15, -0.1) is 0 Å². The van der Waals surface area contributed by atoms with Gasteiger partial charge in [-0.3, -0.25) is 19.7 Å². The molecule has 3 aliphatic rings. The number of nitro groups is 1. The number of nitro benzene ring substituents is 1. The summed E-state index contributed by atoms with van der Waals surface area (Å²) in [5.41, 5.74) is 1.93. The van der Waals surface area contributed by atoms with E-state index in [-0.39, 0.29) is 28.9 Å². The molecule has 2 aliphatic carbocycles. The quantitative estimate of drug-likeness (QED) is 0.288. The highest BCUT2D eigenvalue weighted by molar-refractivity contribution is 6.12. The van der Waals surface area contributed by atoms with Crippen LogP contribution in [0, 0.1) is 22.0 Å². The molecule has 0 bridgehead atoms. The van der Waals surface area contributed by atoms with Gasteiger partial charge in [0.1, 0.15) is 12.0 Å². The Morgan fingerprint density at radius 1 is 1.17 bits per heavy atom. The number of nitrogens with zero attached hydrogens (tertiary/aromatic N) is 1. The summed E-state index contributed by atoms with van der Waals surface area (Å²) in [5.74, 6) is -3.85. The normalized spacial score (nSPS) is 25.0. The summed E-state index contributed by atoms with van der Waals surface area (Å²) in [4.78, 5) is 50.7. The standard InChI is InChI=1S/C26H30N2O7/c1-14-12-19-23(24(29)20(14)25(30)34-3)22(16-8-7-9-17(13-16)28(32)33)21(15(2)27-19)26(31)35-18-10-5-4-6-11-18/h7-9,13-14,18,20,22,27H,4-6,10-12H2,1-3H3/t14-,20+,22-/m0/s1. The number of esters is 2. The smallest absolute Gasteiger partial charge is 0.337 e. The largest absolute Gasteiger partial charge is 0.468 e. The molecule has 0 unspecified atom stereocenters. The molecule has 1 fully saturated rings. The summed E-state index contributed by atoms with van der Waals surface area (Å²) in [6, 6.07) is 5.93. The van der Waals surface area contributed by atoms with Crippen LogP contribution in [-0.4, -0.2) is 35.9 Å². The van der Waals surface area contributed by atoms with E-state index >= 15 is 0 Å². The van der Waals surface area contributed by atoms with Gasteiger partial charge in [0.25, 0.3) is 5.69 Å². The Balaban J connectivity index is 1.82. The van der Waals surface area contributed by atoms with E-state index in [1.165, 1.54) is 25.3 Å². The van der Waals surface area contributed by atoms with Gasteiger partial charge < -0.3 is 14.8 Å². The number of carbonyl (C=O) groups is 3. The van der Waals surface area contributed by atoms with Crippen molar-refractivity contribution in [1.29, 1.82) is 0 Å². The Morgan fingerprint density at radius 2 is 1.89 bits per heavy atom. The third-order valence-corrected chi connectivity index (χ3v) is 7.20. The maximum atomic E-state index is 13.7. The van der Waals surface area contributed by atoms with Crippen LogP contribution in [0.4, 0.5) is 5.69 Å². The first kappa shape index (κ1) is 24.6. The van der Waals surface area contributed by atoms with Crippen LogP contribution in [0.25, 0.3) is 0 Å². The Labute approximate surface area is 203 Å². The van der Waals surface area contributed by atoms with Crippen LogP contribution < -0.4 is 5.32 Å². The van der Waals surface area contributed by atoms with E-state index in [1.54, 1.807) is 19.9 Å². The molecule has 9 heteroatoms. The number of ketones is 1. The maximum Gasteiger partial charge on any atom is 0.337 e. The molecule has 0 radical (unpaired) electrons. The minimum Gasteiger partial charge on any atom is -0.468 e. The Bertz CT molecular complexity index is 1130. The molecule has 0 amide bonds. The molecule has 9 nitrogen and oxygen atoms in total. The average Bonchev–Trinajstić information content (AvgIpc) is 2.83. The van der Waals surface area contributed by atoms with Crippen LogP contribution in [0.3, 0.4) is 0 Å². The molecular formula is C26H30N2O7. The van der Waals surface area contributed by atoms with Crippen molar-refractivity contribution in [3.8, 4) is 0 Å². The number of non-ortho nitro benzene ring substituents is 1. The van der Waals surface area contributed by atoms with Gasteiger partial charge in [-0.1, -0.05) is 25.5 Å². The summed E-state index contributed by atoms with van der Waals surface area (Å²) in [5, 5.41) is 14.7. The Hall–Kier alpha value is -3.49. The fraction of sp³-hybridized carbons (Fsp3) is 0.500. The lowest BCUT2D eigenvalue weighted by Gasteiger charge is -2.38. The number of benzene rings is 1. The molecule has 0 saturated heterocycles. The lowest BCUT2D eigenvalue weighted by molar-refractivity contribution is -0.384. The molecule has 186 valence electrons. The monoisotopic (exact) mass is 482 g/mol. The van der Waals surface area contributed by atoms with Gasteiger partial charge in [0, 0.05) is 35.0 Å². The van der Waals surface area contributed by atoms with Gasteiger partial charge in [-0.25, -0.2) is 4.79 Å². The van der Waals surface area contributed by atoms with E-state index in [2.05, 4.69) is 5.32 Å². The highest BCUT2D eigenvalue weighted by atomic mass is 16.6. The van der Waals surface area contributed by atoms with E-state index in [4.69, 9.17) is 9.47 Å². The van der Waals surface area contributed by atoms with Crippen molar-refractivity contribution in [2.45, 2.75) is 64.4 Å². The fourth-order valence-corrected chi connectivity index (χ4v) is 5.50. The first-order chi connectivity index (χ1) is 16.7. The van der Waals surface area contributed by atoms with E-state index < -0.39 is 34.5 Å². The second-order valence-electron chi connectivity index (χ2n) is 9.55. The van der Waals surface area contributed by atoms with Crippen molar-refractivity contribution in [2.75, 3.05) is 7.11 Å². The van der Waals surface area contributed by atoms with Crippen LogP contribution in [0.15, 0.2) is 46.8 Å². The Kier molecular flexibility index (Phi) is 7.05. The predicted molar refractivity (Wildman–Crippen MR) is 126 cm³/mol. The molecule has 1 N–H and O–H groups in total. The number of hydrogen-bond donors (Lipinski definition) is 1. The van der Waals surface area contributed by atoms with Crippen LogP contribution in [0.5, 0.6) is 0 Å². The van der Waals surface area contributed by atoms with E-state index in [0.717, 1.165) is 32.1 Å². The second kappa shape index (κ2) is 10.0. The lowest BCUT2D eigenvalue weighted by atomic mass is 9.69. The van der Waals surface area contributed by atoms with Crippen molar-refractivity contribution in [1.82, 2.24) is 5.32 Å². The number of methoxy groups -OCH3 is 1. The first-order valence-electron chi connectivity index (χ1n) is 12.0. The zero-order valence-corrected chi connectivity index (χ0v) is 20.2. The van der Waals surface area contributed by atoms with Gasteiger partial charge in [0.2, 0.25) is 0 Å². The van der Waals surface area contributed by atoms with E-state index in [1.807, 2.05) is 0 Å². The van der Waals surface area contributed by atoms with Crippen molar-refractivity contribution >= 4 is 23.4 Å². The molecule has 3 atom stereocenters. The van der Waals surface area contributed by atoms with Crippen molar-refractivity contribution in [2.24, 2.45) is 11.8 Å². The van der Waals surface area contributed by atoms with Crippen molar-refractivity contribution in [3.05, 3.63) is 62.5 Å². The zero-order valence-electron chi connectivity index (χ0n) is 20.2. The molecule has 1 saturated carbocycles. The number of ether oxygens (including phenoxy) is 2. The van der Waals surface area contributed by atoms with Gasteiger partial charge in [-0.2, -0.15) is 0 Å². The number of allylic oxidation sites excluding steroid dienone is 3. The van der Waals surface area contributed by atoms with E-state index in [9.17, 15) is 24.5 Å². The first-order valence-corrected chi connectivity index (χ1v) is 12.0. The summed E-state index contributed by atoms with van der Waals surface area (Å²) >= 11 is 0. The highest BCUT2D eigenvalue weighted by Gasteiger charge is 2.47. The van der Waals surface area contributed by atoms with Gasteiger partial charge in [0.15, 0.2) is 5.78 Å². The number of carbonyl (C=O) groups excluding carboxylic acids is 3. The average molecular weight is 483 g/mol. The zero-order chi connectivity index (χ0) is 25.3. The predicted octanol–water partition coefficient (Wildman–Crippen LogP) is 4.08. The molecule has 4 rings (SSSR count). The SMILES string of the molecule is COC(=O)[C@H]1C(=O)C2=C(C[C@@H]1C)NC(C)=C(C(=O)OC1CCCCC1)[C@@H]2c1cccc([N+](=O)[O-])c1. The Morgan fingerprint density at radius 3 is 2.54 bits per heavy atom. The molecule has 35 heavy (non-hydrogen) atoms. The topological polar surface area (TPSA) is 125 Å².